The van der Waals surface area contributed by atoms with Crippen molar-refractivity contribution in [3.8, 4) is 0 Å². The van der Waals surface area contributed by atoms with Crippen LogP contribution in [0.3, 0.4) is 0 Å². The van der Waals surface area contributed by atoms with Gasteiger partial charge in [-0.1, -0.05) is 25.7 Å². The van der Waals surface area contributed by atoms with Gasteiger partial charge in [0.25, 0.3) is 0 Å². The number of rotatable bonds is 2. The monoisotopic (exact) mass is 319 g/mol. The van der Waals surface area contributed by atoms with E-state index in [1.54, 1.807) is 0 Å². The first-order valence-electron chi connectivity index (χ1n) is 8.38. The van der Waals surface area contributed by atoms with Crippen LogP contribution in [0.4, 0.5) is 5.95 Å². The topological polar surface area (TPSA) is 69.6 Å². The minimum atomic E-state index is 0.128. The lowest BCUT2D eigenvalue weighted by Crippen LogP contribution is -2.20. The number of hydrogen-bond acceptors (Lipinski definition) is 4. The summed E-state index contributed by atoms with van der Waals surface area (Å²) in [6.45, 7) is 0. The van der Waals surface area contributed by atoms with E-state index in [2.05, 4.69) is 19.5 Å². The molecule has 2 heterocycles. The molecule has 2 aliphatic carbocycles. The Labute approximate surface area is 135 Å². The van der Waals surface area contributed by atoms with E-state index in [-0.39, 0.29) is 11.3 Å². The van der Waals surface area contributed by atoms with Crippen molar-refractivity contribution in [1.29, 1.82) is 0 Å². The average Bonchev–Trinajstić information content (AvgIpc) is 3.15. The minimum Gasteiger partial charge on any atom is -0.368 e. The number of nitrogens with two attached hydrogens (primary N) is 1. The van der Waals surface area contributed by atoms with Crippen molar-refractivity contribution in [1.82, 2.24) is 19.5 Å². The highest BCUT2D eigenvalue weighted by Crippen LogP contribution is 2.39. The van der Waals surface area contributed by atoms with Crippen LogP contribution >= 0.6 is 11.6 Å². The van der Waals surface area contributed by atoms with Crippen molar-refractivity contribution in [3.63, 3.8) is 0 Å². The molecule has 0 aliphatic heterocycles. The highest BCUT2D eigenvalue weighted by Gasteiger charge is 2.30. The number of fused-ring (bicyclic) bond motifs is 1. The van der Waals surface area contributed by atoms with Crippen molar-refractivity contribution < 1.29 is 0 Å². The van der Waals surface area contributed by atoms with Crippen molar-refractivity contribution in [3.05, 3.63) is 12.0 Å². The quantitative estimate of drug-likeness (QED) is 0.855. The summed E-state index contributed by atoms with van der Waals surface area (Å²) in [5, 5.41) is 0.128. The Morgan fingerprint density at radius 3 is 2.55 bits per heavy atom. The van der Waals surface area contributed by atoms with Crippen LogP contribution in [0.25, 0.3) is 11.2 Å². The Bertz CT molecular complexity index is 676. The van der Waals surface area contributed by atoms with Crippen molar-refractivity contribution >= 4 is 28.7 Å². The van der Waals surface area contributed by atoms with Gasteiger partial charge in [-0.15, -0.1) is 11.6 Å². The zero-order valence-corrected chi connectivity index (χ0v) is 13.5. The van der Waals surface area contributed by atoms with Crippen LogP contribution in [0.15, 0.2) is 6.33 Å². The Hall–Kier alpha value is -1.36. The fourth-order valence-electron chi connectivity index (χ4n) is 4.06. The third-order valence-electron chi connectivity index (χ3n) is 5.22. The molecule has 2 atom stereocenters. The number of imidazole rings is 1. The third-order valence-corrected chi connectivity index (χ3v) is 5.74. The number of nitrogens with zero attached hydrogens (tertiary/aromatic N) is 4. The molecule has 2 saturated carbocycles. The maximum absolute atomic E-state index is 6.57. The molecule has 2 aromatic heterocycles. The van der Waals surface area contributed by atoms with E-state index in [4.69, 9.17) is 17.3 Å². The van der Waals surface area contributed by atoms with Crippen molar-refractivity contribution in [2.24, 2.45) is 0 Å². The Morgan fingerprint density at radius 1 is 1.05 bits per heavy atom. The molecule has 2 unspecified atom stereocenters. The van der Waals surface area contributed by atoms with E-state index in [1.165, 1.54) is 38.5 Å². The number of anilines is 1. The first kappa shape index (κ1) is 14.2. The first-order chi connectivity index (χ1) is 10.7. The number of hydrogen-bond donors (Lipinski definition) is 1. The molecule has 5 nitrogen and oxygen atoms in total. The molecule has 0 spiro atoms. The van der Waals surface area contributed by atoms with Crippen LogP contribution in [0.2, 0.25) is 0 Å². The third kappa shape index (κ3) is 2.35. The molecule has 2 fully saturated rings. The number of nitrogen functional groups attached to an aromatic ring is 1. The summed E-state index contributed by atoms with van der Waals surface area (Å²) in [6.07, 6.45) is 11.4. The Kier molecular flexibility index (Phi) is 3.68. The van der Waals surface area contributed by atoms with Gasteiger partial charge >= 0.3 is 0 Å². The highest BCUT2D eigenvalue weighted by molar-refractivity contribution is 6.21. The van der Waals surface area contributed by atoms with Crippen LogP contribution in [0.5, 0.6) is 0 Å². The first-order valence-corrected chi connectivity index (χ1v) is 8.81. The van der Waals surface area contributed by atoms with Crippen LogP contribution in [0, 0.1) is 0 Å². The molecule has 0 radical (unpaired) electrons. The van der Waals surface area contributed by atoms with Gasteiger partial charge in [-0.2, -0.15) is 4.98 Å². The minimum absolute atomic E-state index is 0.128. The Morgan fingerprint density at radius 2 is 1.77 bits per heavy atom. The van der Waals surface area contributed by atoms with Crippen molar-refractivity contribution in [2.75, 3.05) is 5.73 Å². The predicted octanol–water partition coefficient (Wildman–Crippen LogP) is 3.79. The second kappa shape index (κ2) is 5.69. The molecule has 2 aliphatic rings. The molecule has 2 N–H and O–H groups in total. The van der Waals surface area contributed by atoms with Gasteiger partial charge in [0, 0.05) is 17.3 Å². The number of aromatic nitrogens is 4. The normalized spacial score (nSPS) is 26.8. The fraction of sp³-hybridized carbons (Fsp3) is 0.688. The predicted molar refractivity (Wildman–Crippen MR) is 88.1 cm³/mol. The lowest BCUT2D eigenvalue weighted by Gasteiger charge is -2.26. The van der Waals surface area contributed by atoms with Crippen molar-refractivity contribution in [2.45, 2.75) is 68.7 Å². The van der Waals surface area contributed by atoms with Gasteiger partial charge in [-0.3, -0.25) is 0 Å². The molecule has 2 aromatic rings. The lowest BCUT2D eigenvalue weighted by molar-refractivity contribution is 0.445. The molecular formula is C16H22ClN5. The maximum Gasteiger partial charge on any atom is 0.222 e. The van der Waals surface area contributed by atoms with E-state index in [9.17, 15) is 0 Å². The van der Waals surface area contributed by atoms with Crippen LogP contribution < -0.4 is 5.73 Å². The molecule has 0 aromatic carbocycles. The molecule has 0 amide bonds. The summed E-state index contributed by atoms with van der Waals surface area (Å²) < 4.78 is 2.20. The summed E-state index contributed by atoms with van der Waals surface area (Å²) in [5.41, 5.74) is 8.75. The maximum atomic E-state index is 6.57. The fourth-order valence-corrected chi connectivity index (χ4v) is 4.46. The molecule has 118 valence electrons. The highest BCUT2D eigenvalue weighted by atomic mass is 35.5. The largest absolute Gasteiger partial charge is 0.368 e. The molecular weight excluding hydrogens is 298 g/mol. The van der Waals surface area contributed by atoms with Gasteiger partial charge in [0.1, 0.15) is 5.52 Å². The second-order valence-corrected chi connectivity index (χ2v) is 7.20. The number of alkyl halides is 1. The van der Waals surface area contributed by atoms with Crippen LogP contribution in [0.1, 0.15) is 69.0 Å². The average molecular weight is 320 g/mol. The molecule has 4 rings (SSSR count). The summed E-state index contributed by atoms with van der Waals surface area (Å²) in [6, 6.07) is 0.505. The number of halogens is 1. The second-order valence-electron chi connectivity index (χ2n) is 6.64. The van der Waals surface area contributed by atoms with E-state index in [0.717, 1.165) is 29.7 Å². The van der Waals surface area contributed by atoms with Gasteiger partial charge in [0.05, 0.1) is 12.0 Å². The smallest absolute Gasteiger partial charge is 0.222 e. The van der Waals surface area contributed by atoms with E-state index in [1.807, 2.05) is 6.33 Å². The van der Waals surface area contributed by atoms with Gasteiger partial charge in [-0.05, 0) is 25.7 Å². The van der Waals surface area contributed by atoms with Gasteiger partial charge in [0.15, 0.2) is 5.65 Å². The molecule has 0 saturated heterocycles. The van der Waals surface area contributed by atoms with Gasteiger partial charge in [-0.25, -0.2) is 9.97 Å². The van der Waals surface area contributed by atoms with Gasteiger partial charge < -0.3 is 10.3 Å². The van der Waals surface area contributed by atoms with Crippen LogP contribution in [-0.4, -0.2) is 24.9 Å². The molecule has 6 heteroatoms. The summed E-state index contributed by atoms with van der Waals surface area (Å²) in [7, 11) is 0. The molecule has 22 heavy (non-hydrogen) atoms. The zero-order chi connectivity index (χ0) is 15.1. The van der Waals surface area contributed by atoms with E-state index in [0.29, 0.717) is 12.0 Å². The SMILES string of the molecule is Nc1nc(C2CCCCC2Cl)c2ncn(C3CCCC3)c2n1. The lowest BCUT2D eigenvalue weighted by atomic mass is 9.86. The van der Waals surface area contributed by atoms with Crippen LogP contribution in [-0.2, 0) is 0 Å². The molecule has 0 bridgehead atoms. The van der Waals surface area contributed by atoms with Gasteiger partial charge in [0.2, 0.25) is 5.95 Å². The zero-order valence-electron chi connectivity index (χ0n) is 12.7. The standard InChI is InChI=1S/C16H22ClN5/c17-12-8-4-3-7-11(12)13-14-15(21-16(18)20-13)22(9-19-14)10-5-1-2-6-10/h9-12H,1-8H2,(H2,18,20,21). The summed E-state index contributed by atoms with van der Waals surface area (Å²) in [5.74, 6) is 0.590. The van der Waals surface area contributed by atoms with E-state index >= 15 is 0 Å². The summed E-state index contributed by atoms with van der Waals surface area (Å²) >= 11 is 6.57. The van der Waals surface area contributed by atoms with E-state index < -0.39 is 0 Å². The Balaban J connectivity index is 1.81. The summed E-state index contributed by atoms with van der Waals surface area (Å²) in [4.78, 5) is 13.6.